The van der Waals surface area contributed by atoms with Gasteiger partial charge in [-0.1, -0.05) is 6.07 Å². The van der Waals surface area contributed by atoms with Gasteiger partial charge in [0.1, 0.15) is 27.9 Å². The maximum atomic E-state index is 14.0. The number of ether oxygens (including phenoxy) is 4. The number of nitrogens with zero attached hydrogens (tertiary/aromatic N) is 4. The summed E-state index contributed by atoms with van der Waals surface area (Å²) in [6, 6.07) is 7.50. The maximum Gasteiger partial charge on any atom is 0.330 e. The molecule has 15 heteroatoms. The molecular formula is C28H33N5O9S. The Morgan fingerprint density at radius 2 is 1.53 bits per heavy atom. The van der Waals surface area contributed by atoms with Crippen molar-refractivity contribution in [1.29, 1.82) is 0 Å². The van der Waals surface area contributed by atoms with Crippen LogP contribution in [0.4, 0.5) is 11.8 Å². The Kier molecular flexibility index (Phi) is 8.07. The van der Waals surface area contributed by atoms with Gasteiger partial charge in [0, 0.05) is 37.4 Å². The number of nitrogens with two attached hydrogens (primary N) is 1. The Bertz CT molecular complexity index is 1690. The third kappa shape index (κ3) is 5.39. The number of quaternary nitrogens is 1. The molecule has 3 heterocycles. The number of hydrogen-bond acceptors (Lipinski definition) is 13. The van der Waals surface area contributed by atoms with Crippen molar-refractivity contribution in [2.45, 2.75) is 31.2 Å². The van der Waals surface area contributed by atoms with E-state index in [1.54, 1.807) is 30.3 Å². The normalized spacial score (nSPS) is 21.3. The number of methoxy groups -OCH3 is 4. The van der Waals surface area contributed by atoms with Gasteiger partial charge in [0.25, 0.3) is 0 Å². The number of imide groups is 1. The smallest absolute Gasteiger partial charge is 0.330 e. The minimum Gasteiger partial charge on any atom is -0.744 e. The summed E-state index contributed by atoms with van der Waals surface area (Å²) < 4.78 is 56.7. The molecule has 2 N–H and O–H groups in total. The summed E-state index contributed by atoms with van der Waals surface area (Å²) in [5.41, 5.74) is 7.27. The van der Waals surface area contributed by atoms with Crippen LogP contribution in [0.3, 0.4) is 0 Å². The molecule has 1 aromatic heterocycles. The van der Waals surface area contributed by atoms with Gasteiger partial charge in [-0.2, -0.15) is 9.47 Å². The van der Waals surface area contributed by atoms with Crippen molar-refractivity contribution in [3.63, 3.8) is 0 Å². The second-order valence-electron chi connectivity index (χ2n) is 10.5. The van der Waals surface area contributed by atoms with Crippen molar-refractivity contribution in [3.8, 4) is 23.0 Å². The van der Waals surface area contributed by atoms with E-state index in [1.165, 1.54) is 28.4 Å². The zero-order valence-corrected chi connectivity index (χ0v) is 25.0. The molecule has 2 atom stereocenters. The highest BCUT2D eigenvalue weighted by Crippen LogP contribution is 2.43. The molecule has 2 amide bonds. The highest BCUT2D eigenvalue weighted by atomic mass is 32.2. The first-order chi connectivity index (χ1) is 20.4. The fraction of sp³-hybridized carbons (Fsp3) is 0.429. The molecule has 0 saturated carbocycles. The van der Waals surface area contributed by atoms with Gasteiger partial charge in [0.15, 0.2) is 28.9 Å². The van der Waals surface area contributed by atoms with Crippen LogP contribution in [0.2, 0.25) is 0 Å². The zero-order chi connectivity index (χ0) is 31.1. The first-order valence-electron chi connectivity index (χ1n) is 13.5. The SMILES string of the molecule is COc1ccc(C2CC(=O)[N+](CS(=O)(=O)[O-])(C3CCN(c4nc(N)c5cc(OC)c(OC)cc5n4)CC3)C2=O)cc1OC. The average Bonchev–Trinajstić information content (AvgIpc) is 3.24. The molecular weight excluding hydrogens is 582 g/mol. The lowest BCUT2D eigenvalue weighted by Crippen LogP contribution is -2.64. The predicted molar refractivity (Wildman–Crippen MR) is 154 cm³/mol. The van der Waals surface area contributed by atoms with Gasteiger partial charge in [0.05, 0.1) is 40.4 Å². The first kappa shape index (κ1) is 30.3. The van der Waals surface area contributed by atoms with E-state index >= 15 is 0 Å². The number of carbonyl (C=O) groups excluding carboxylic acids is 2. The molecule has 2 saturated heterocycles. The highest BCUT2D eigenvalue weighted by Gasteiger charge is 2.61. The number of hydrogen-bond donors (Lipinski definition) is 1. The van der Waals surface area contributed by atoms with E-state index in [-0.39, 0.29) is 25.1 Å². The van der Waals surface area contributed by atoms with Crippen LogP contribution in [0.25, 0.3) is 10.9 Å². The standard InChI is InChI=1S/C28H33N5O9S/c1-39-21-6-5-16(11-22(21)40-2)18-13-25(34)33(27(18)35,15-43(36,37)38)17-7-9-32(10-8-17)28-30-20-14-24(42-4)23(41-3)12-19(20)26(29)31-28/h5-6,11-12,14,17-18H,7-10,13,15H2,1-4H3,(H2-,29,30,31,36,37,38). The number of fused-ring (bicyclic) bond motifs is 1. The summed E-state index contributed by atoms with van der Waals surface area (Å²) in [7, 11) is 0.983. The lowest BCUT2D eigenvalue weighted by Gasteiger charge is -2.41. The van der Waals surface area contributed by atoms with Gasteiger partial charge in [-0.25, -0.2) is 23.0 Å². The van der Waals surface area contributed by atoms with Crippen LogP contribution in [0.5, 0.6) is 23.0 Å². The van der Waals surface area contributed by atoms with E-state index in [9.17, 15) is 22.6 Å². The molecule has 2 fully saturated rings. The molecule has 0 spiro atoms. The average molecular weight is 616 g/mol. The van der Waals surface area contributed by atoms with Crippen molar-refractivity contribution < 1.29 is 46.0 Å². The lowest BCUT2D eigenvalue weighted by molar-refractivity contribution is -0.790. The Labute approximate surface area is 248 Å². The molecule has 43 heavy (non-hydrogen) atoms. The first-order valence-corrected chi connectivity index (χ1v) is 15.1. The number of benzene rings is 2. The molecule has 2 aliphatic rings. The number of carbonyl (C=O) groups is 2. The van der Waals surface area contributed by atoms with Crippen molar-refractivity contribution in [2.24, 2.45) is 0 Å². The highest BCUT2D eigenvalue weighted by molar-refractivity contribution is 7.85. The number of aromatic nitrogens is 2. The van der Waals surface area contributed by atoms with Gasteiger partial charge in [-0.3, -0.25) is 0 Å². The molecule has 3 aromatic rings. The summed E-state index contributed by atoms with van der Waals surface area (Å²) >= 11 is 0. The van der Waals surface area contributed by atoms with Crippen molar-refractivity contribution >= 4 is 44.6 Å². The molecule has 14 nitrogen and oxygen atoms in total. The quantitative estimate of drug-likeness (QED) is 0.209. The van der Waals surface area contributed by atoms with Gasteiger partial charge < -0.3 is 34.1 Å². The van der Waals surface area contributed by atoms with Crippen LogP contribution in [0, 0.1) is 0 Å². The topological polar surface area (TPSA) is 183 Å². The summed E-state index contributed by atoms with van der Waals surface area (Å²) in [5, 5.41) is 0.580. The van der Waals surface area contributed by atoms with E-state index in [0.29, 0.717) is 58.5 Å². The number of piperidine rings is 1. The molecule has 0 aliphatic carbocycles. The van der Waals surface area contributed by atoms with Gasteiger partial charge >= 0.3 is 11.8 Å². The number of amides is 2. The molecule has 2 aliphatic heterocycles. The van der Waals surface area contributed by atoms with Gasteiger partial charge in [-0.15, -0.1) is 0 Å². The molecule has 0 bridgehead atoms. The fourth-order valence-corrected chi connectivity index (χ4v) is 7.13. The molecule has 5 rings (SSSR count). The van der Waals surface area contributed by atoms with E-state index in [0.717, 1.165) is 0 Å². The van der Waals surface area contributed by atoms with Crippen LogP contribution in [-0.4, -0.2) is 92.7 Å². The van der Waals surface area contributed by atoms with Crippen molar-refractivity contribution in [3.05, 3.63) is 35.9 Å². The van der Waals surface area contributed by atoms with Crippen molar-refractivity contribution in [2.75, 3.05) is 58.0 Å². The number of rotatable bonds is 9. The van der Waals surface area contributed by atoms with E-state index < -0.39 is 44.3 Å². The Balaban J connectivity index is 1.44. The van der Waals surface area contributed by atoms with E-state index in [1.807, 2.05) is 4.90 Å². The van der Waals surface area contributed by atoms with Crippen LogP contribution in [-0.2, 0) is 19.7 Å². The molecule has 0 radical (unpaired) electrons. The third-order valence-electron chi connectivity index (χ3n) is 8.28. The molecule has 2 unspecified atom stereocenters. The second-order valence-corrected chi connectivity index (χ2v) is 11.9. The van der Waals surface area contributed by atoms with Crippen LogP contribution in [0.1, 0.15) is 30.7 Å². The number of anilines is 2. The molecule has 2 aromatic carbocycles. The fourth-order valence-electron chi connectivity index (χ4n) is 6.14. The summed E-state index contributed by atoms with van der Waals surface area (Å²) in [6.07, 6.45) is 0.234. The second kappa shape index (κ2) is 11.5. The Hall–Kier alpha value is -4.21. The van der Waals surface area contributed by atoms with Gasteiger partial charge in [-0.05, 0) is 23.8 Å². The van der Waals surface area contributed by atoms with E-state index in [4.69, 9.17) is 24.7 Å². The summed E-state index contributed by atoms with van der Waals surface area (Å²) in [6.45, 7) is 0.590. The van der Waals surface area contributed by atoms with Gasteiger partial charge in [0.2, 0.25) is 5.95 Å². The third-order valence-corrected chi connectivity index (χ3v) is 9.00. The van der Waals surface area contributed by atoms with Crippen LogP contribution >= 0.6 is 0 Å². The largest absolute Gasteiger partial charge is 0.744 e. The number of nitrogen functional groups attached to an aromatic ring is 1. The summed E-state index contributed by atoms with van der Waals surface area (Å²) in [5.74, 6) is -0.994. The molecule has 230 valence electrons. The lowest BCUT2D eigenvalue weighted by atomic mass is 9.96. The predicted octanol–water partition coefficient (Wildman–Crippen LogP) is 1.78. The monoisotopic (exact) mass is 615 g/mol. The van der Waals surface area contributed by atoms with Crippen LogP contribution in [0.15, 0.2) is 30.3 Å². The zero-order valence-electron chi connectivity index (χ0n) is 24.2. The number of likely N-dealkylation sites (tertiary alicyclic amines) is 1. The van der Waals surface area contributed by atoms with Crippen LogP contribution < -0.4 is 29.6 Å². The Morgan fingerprint density at radius 1 is 0.930 bits per heavy atom. The summed E-state index contributed by atoms with van der Waals surface area (Å²) in [4.78, 5) is 38.6. The minimum absolute atomic E-state index is 0.228. The van der Waals surface area contributed by atoms with E-state index in [2.05, 4.69) is 9.97 Å². The minimum atomic E-state index is -4.96. The maximum absolute atomic E-state index is 14.0. The Morgan fingerprint density at radius 3 is 2.14 bits per heavy atom. The van der Waals surface area contributed by atoms with Crippen molar-refractivity contribution in [1.82, 2.24) is 9.97 Å².